The zero-order chi connectivity index (χ0) is 16.4. The summed E-state index contributed by atoms with van der Waals surface area (Å²) in [6.45, 7) is 1.50. The van der Waals surface area contributed by atoms with Crippen LogP contribution in [0.3, 0.4) is 0 Å². The first-order chi connectivity index (χ1) is 9.51. The van der Waals surface area contributed by atoms with E-state index in [-0.39, 0.29) is 6.42 Å². The van der Waals surface area contributed by atoms with Gasteiger partial charge in [-0.2, -0.15) is 17.5 Å². The minimum absolute atomic E-state index is 0.0334. The van der Waals surface area contributed by atoms with E-state index in [9.17, 15) is 26.4 Å². The van der Waals surface area contributed by atoms with Gasteiger partial charge in [-0.05, 0) is 30.7 Å². The average Bonchev–Trinajstić information content (AvgIpc) is 2.38. The van der Waals surface area contributed by atoms with Crippen molar-refractivity contribution in [2.24, 2.45) is 0 Å². The van der Waals surface area contributed by atoms with Gasteiger partial charge in [0.1, 0.15) is 6.04 Å². The monoisotopic (exact) mass is 325 g/mol. The molecule has 0 spiro atoms. The van der Waals surface area contributed by atoms with E-state index in [0.717, 1.165) is 19.2 Å². The summed E-state index contributed by atoms with van der Waals surface area (Å²) in [4.78, 5) is 10.6. The van der Waals surface area contributed by atoms with Crippen molar-refractivity contribution in [2.45, 2.75) is 30.5 Å². The molecule has 1 atom stereocenters. The van der Waals surface area contributed by atoms with Gasteiger partial charge < -0.3 is 5.11 Å². The van der Waals surface area contributed by atoms with E-state index in [0.29, 0.717) is 16.4 Å². The van der Waals surface area contributed by atoms with Gasteiger partial charge in [0, 0.05) is 7.05 Å². The SMILES string of the molecule is CCC(C(=O)O)N(C)S(=O)(=O)c1ccc(C(F)(F)F)cc1. The molecule has 0 heterocycles. The van der Waals surface area contributed by atoms with E-state index in [2.05, 4.69) is 0 Å². The fourth-order valence-corrected chi connectivity index (χ4v) is 3.12. The summed E-state index contributed by atoms with van der Waals surface area (Å²) in [6, 6.07) is 1.62. The van der Waals surface area contributed by atoms with Gasteiger partial charge in [-0.15, -0.1) is 0 Å². The Kier molecular flexibility index (Phi) is 5.00. The summed E-state index contributed by atoms with van der Waals surface area (Å²) in [7, 11) is -3.09. The third-order valence-corrected chi connectivity index (χ3v) is 4.85. The lowest BCUT2D eigenvalue weighted by molar-refractivity contribution is -0.141. The molecule has 0 saturated carbocycles. The van der Waals surface area contributed by atoms with Gasteiger partial charge in [0.2, 0.25) is 10.0 Å². The summed E-state index contributed by atoms with van der Waals surface area (Å²) in [5, 5.41) is 8.95. The topological polar surface area (TPSA) is 74.7 Å². The molecule has 0 bridgehead atoms. The second-order valence-corrected chi connectivity index (χ2v) is 6.30. The molecule has 1 aromatic rings. The first-order valence-electron chi connectivity index (χ1n) is 5.90. The molecule has 1 aromatic carbocycles. The lowest BCUT2D eigenvalue weighted by atomic mass is 10.2. The number of carbonyl (C=O) groups is 1. The molecule has 118 valence electrons. The maximum absolute atomic E-state index is 12.4. The quantitative estimate of drug-likeness (QED) is 0.900. The Labute approximate surface area is 120 Å². The van der Waals surface area contributed by atoms with Crippen molar-refractivity contribution >= 4 is 16.0 Å². The molecular weight excluding hydrogens is 311 g/mol. The second kappa shape index (κ2) is 6.02. The maximum Gasteiger partial charge on any atom is 0.416 e. The van der Waals surface area contributed by atoms with Gasteiger partial charge in [0.05, 0.1) is 10.5 Å². The number of likely N-dealkylation sites (N-methyl/N-ethyl adjacent to an activating group) is 1. The molecule has 0 saturated heterocycles. The van der Waals surface area contributed by atoms with Gasteiger partial charge in [0.25, 0.3) is 0 Å². The van der Waals surface area contributed by atoms with Gasteiger partial charge in [-0.25, -0.2) is 8.42 Å². The minimum Gasteiger partial charge on any atom is -0.480 e. The number of hydrogen-bond acceptors (Lipinski definition) is 3. The molecule has 0 aliphatic heterocycles. The van der Waals surface area contributed by atoms with Crippen LogP contribution in [0.4, 0.5) is 13.2 Å². The number of carboxylic acid groups (broad SMARTS) is 1. The molecule has 0 aliphatic rings. The van der Waals surface area contributed by atoms with E-state index in [1.165, 1.54) is 6.92 Å². The fraction of sp³-hybridized carbons (Fsp3) is 0.417. The summed E-state index contributed by atoms with van der Waals surface area (Å²) in [5.41, 5.74) is -0.977. The Balaban J connectivity index is 3.16. The van der Waals surface area contributed by atoms with Crippen LogP contribution in [0.1, 0.15) is 18.9 Å². The van der Waals surface area contributed by atoms with Crippen molar-refractivity contribution in [2.75, 3.05) is 7.05 Å². The number of hydrogen-bond donors (Lipinski definition) is 1. The van der Waals surface area contributed by atoms with Crippen molar-refractivity contribution in [3.05, 3.63) is 29.8 Å². The molecule has 0 aliphatic carbocycles. The smallest absolute Gasteiger partial charge is 0.416 e. The highest BCUT2D eigenvalue weighted by atomic mass is 32.2. The van der Waals surface area contributed by atoms with Gasteiger partial charge in [-0.1, -0.05) is 6.92 Å². The van der Waals surface area contributed by atoms with Crippen molar-refractivity contribution in [3.63, 3.8) is 0 Å². The highest BCUT2D eigenvalue weighted by Crippen LogP contribution is 2.30. The van der Waals surface area contributed by atoms with E-state index in [4.69, 9.17) is 5.11 Å². The van der Waals surface area contributed by atoms with E-state index < -0.39 is 38.7 Å². The van der Waals surface area contributed by atoms with Gasteiger partial charge in [0.15, 0.2) is 0 Å². The average molecular weight is 325 g/mol. The van der Waals surface area contributed by atoms with Crippen LogP contribution in [-0.2, 0) is 21.0 Å². The molecule has 1 unspecified atom stereocenters. The van der Waals surface area contributed by atoms with E-state index >= 15 is 0 Å². The Morgan fingerprint density at radius 2 is 1.76 bits per heavy atom. The van der Waals surface area contributed by atoms with Crippen LogP contribution in [0, 0.1) is 0 Å². The van der Waals surface area contributed by atoms with Crippen molar-refractivity contribution in [1.82, 2.24) is 4.31 Å². The molecule has 5 nitrogen and oxygen atoms in total. The van der Waals surface area contributed by atoms with Crippen LogP contribution in [0.5, 0.6) is 0 Å². The molecule has 0 amide bonds. The summed E-state index contributed by atoms with van der Waals surface area (Å²) in [5.74, 6) is -1.32. The number of benzene rings is 1. The van der Waals surface area contributed by atoms with E-state index in [1.54, 1.807) is 0 Å². The molecule has 9 heteroatoms. The van der Waals surface area contributed by atoms with Crippen LogP contribution in [0.2, 0.25) is 0 Å². The zero-order valence-corrected chi connectivity index (χ0v) is 12.1. The standard InChI is InChI=1S/C12H14F3NO4S/c1-3-10(11(17)18)16(2)21(19,20)9-6-4-8(5-7-9)12(13,14)15/h4-7,10H,3H2,1-2H3,(H,17,18). The Morgan fingerprint density at radius 1 is 1.29 bits per heavy atom. The van der Waals surface area contributed by atoms with Crippen molar-refractivity contribution in [3.8, 4) is 0 Å². The first kappa shape index (κ1) is 17.4. The molecule has 1 rings (SSSR count). The zero-order valence-electron chi connectivity index (χ0n) is 11.3. The van der Waals surface area contributed by atoms with Gasteiger partial charge in [-0.3, -0.25) is 4.79 Å². The number of nitrogens with zero attached hydrogens (tertiary/aromatic N) is 1. The fourth-order valence-electron chi connectivity index (χ4n) is 1.74. The van der Waals surface area contributed by atoms with Gasteiger partial charge >= 0.3 is 12.1 Å². The lowest BCUT2D eigenvalue weighted by Gasteiger charge is -2.23. The highest BCUT2D eigenvalue weighted by molar-refractivity contribution is 7.89. The van der Waals surface area contributed by atoms with Crippen molar-refractivity contribution < 1.29 is 31.5 Å². The van der Waals surface area contributed by atoms with Crippen LogP contribution >= 0.6 is 0 Å². The Bertz CT molecular complexity index is 610. The highest BCUT2D eigenvalue weighted by Gasteiger charge is 2.33. The third-order valence-electron chi connectivity index (χ3n) is 2.97. The molecule has 0 fully saturated rings. The van der Waals surface area contributed by atoms with Crippen LogP contribution in [0.25, 0.3) is 0 Å². The molecule has 21 heavy (non-hydrogen) atoms. The normalized spacial score (nSPS) is 14.2. The first-order valence-corrected chi connectivity index (χ1v) is 7.34. The number of rotatable bonds is 5. The number of aliphatic carboxylic acids is 1. The van der Waals surface area contributed by atoms with E-state index in [1.807, 2.05) is 0 Å². The van der Waals surface area contributed by atoms with Crippen LogP contribution in [-0.4, -0.2) is 36.9 Å². The summed E-state index contributed by atoms with van der Waals surface area (Å²) in [6.07, 6.45) is -4.53. The number of carboxylic acids is 1. The Morgan fingerprint density at radius 3 is 2.10 bits per heavy atom. The number of halogens is 3. The molecule has 0 aromatic heterocycles. The molecular formula is C12H14F3NO4S. The predicted molar refractivity (Wildman–Crippen MR) is 68.1 cm³/mol. The molecule has 0 radical (unpaired) electrons. The third kappa shape index (κ3) is 3.73. The lowest BCUT2D eigenvalue weighted by Crippen LogP contribution is -2.41. The van der Waals surface area contributed by atoms with Crippen molar-refractivity contribution in [1.29, 1.82) is 0 Å². The summed E-state index contributed by atoms with van der Waals surface area (Å²) < 4.78 is 62.3. The molecule has 1 N–H and O–H groups in total. The maximum atomic E-state index is 12.4. The summed E-state index contributed by atoms with van der Waals surface area (Å²) >= 11 is 0. The Hall–Kier alpha value is -1.61. The number of sulfonamides is 1. The van der Waals surface area contributed by atoms with Crippen LogP contribution < -0.4 is 0 Å². The minimum atomic E-state index is -4.57. The second-order valence-electron chi connectivity index (χ2n) is 4.31. The predicted octanol–water partition coefficient (Wildman–Crippen LogP) is 2.19. The van der Waals surface area contributed by atoms with Crippen LogP contribution in [0.15, 0.2) is 29.2 Å². The largest absolute Gasteiger partial charge is 0.480 e. The number of alkyl halides is 3.